The molecule has 4 nitrogen and oxygen atoms in total. The van der Waals surface area contributed by atoms with Crippen LogP contribution >= 0.6 is 0 Å². The topological polar surface area (TPSA) is 57.6 Å². The molecule has 2 aromatic carbocycles. The summed E-state index contributed by atoms with van der Waals surface area (Å²) >= 11 is 0. The Balaban J connectivity index is 1.91. The van der Waals surface area contributed by atoms with Gasteiger partial charge < -0.3 is 10.0 Å². The van der Waals surface area contributed by atoms with Crippen LogP contribution in [0.1, 0.15) is 49.9 Å². The average molecular weight is 309 g/mol. The van der Waals surface area contributed by atoms with Gasteiger partial charge in [0.15, 0.2) is 0 Å². The van der Waals surface area contributed by atoms with Crippen LogP contribution in [0.3, 0.4) is 0 Å². The molecule has 1 amide bonds. The largest absolute Gasteiger partial charge is 0.478 e. The molecule has 1 unspecified atom stereocenters. The van der Waals surface area contributed by atoms with Gasteiger partial charge in [-0.25, -0.2) is 4.79 Å². The van der Waals surface area contributed by atoms with Gasteiger partial charge in [0.25, 0.3) is 5.91 Å². The van der Waals surface area contributed by atoms with Crippen molar-refractivity contribution in [3.05, 3.63) is 70.3 Å². The van der Waals surface area contributed by atoms with Crippen LogP contribution in [0, 0.1) is 6.92 Å². The lowest BCUT2D eigenvalue weighted by Gasteiger charge is -2.26. The van der Waals surface area contributed by atoms with Crippen molar-refractivity contribution in [3.8, 4) is 0 Å². The fourth-order valence-corrected chi connectivity index (χ4v) is 3.31. The molecule has 0 heterocycles. The summed E-state index contributed by atoms with van der Waals surface area (Å²) in [6.45, 7) is 1.80. The number of rotatable bonds is 3. The number of carbonyl (C=O) groups excluding carboxylic acids is 1. The molecule has 0 spiro atoms. The number of aromatic carboxylic acids is 1. The summed E-state index contributed by atoms with van der Waals surface area (Å²) in [5, 5.41) is 9.17. The first-order valence-corrected chi connectivity index (χ1v) is 7.67. The minimum Gasteiger partial charge on any atom is -0.478 e. The van der Waals surface area contributed by atoms with E-state index in [2.05, 4.69) is 12.1 Å². The molecular formula is C19H19NO3. The second-order valence-electron chi connectivity index (χ2n) is 6.06. The van der Waals surface area contributed by atoms with Gasteiger partial charge in [-0.05, 0) is 54.7 Å². The van der Waals surface area contributed by atoms with E-state index in [1.807, 2.05) is 12.1 Å². The summed E-state index contributed by atoms with van der Waals surface area (Å²) in [5.74, 6) is -1.16. The van der Waals surface area contributed by atoms with Crippen molar-refractivity contribution in [3.63, 3.8) is 0 Å². The van der Waals surface area contributed by atoms with E-state index >= 15 is 0 Å². The van der Waals surface area contributed by atoms with Gasteiger partial charge in [0.2, 0.25) is 0 Å². The number of hydrogen-bond donors (Lipinski definition) is 1. The van der Waals surface area contributed by atoms with Crippen molar-refractivity contribution in [2.24, 2.45) is 0 Å². The average Bonchev–Trinajstić information content (AvgIpc) is 2.96. The lowest BCUT2D eigenvalue weighted by molar-refractivity contribution is 0.0696. The maximum atomic E-state index is 12.8. The molecule has 1 aliphatic carbocycles. The monoisotopic (exact) mass is 309 g/mol. The minimum atomic E-state index is -1.02. The van der Waals surface area contributed by atoms with Gasteiger partial charge in [-0.3, -0.25) is 4.79 Å². The van der Waals surface area contributed by atoms with Gasteiger partial charge in [-0.1, -0.05) is 24.3 Å². The van der Waals surface area contributed by atoms with Crippen molar-refractivity contribution in [2.45, 2.75) is 25.8 Å². The summed E-state index contributed by atoms with van der Waals surface area (Å²) < 4.78 is 0. The lowest BCUT2D eigenvalue weighted by atomic mass is 10.0. The number of hydrogen-bond acceptors (Lipinski definition) is 2. The Bertz CT molecular complexity index is 782. The number of amides is 1. The Morgan fingerprint density at radius 1 is 1.13 bits per heavy atom. The van der Waals surface area contributed by atoms with Gasteiger partial charge in [0, 0.05) is 12.6 Å². The number of carboxylic acid groups (broad SMARTS) is 1. The minimum absolute atomic E-state index is 0.0486. The van der Waals surface area contributed by atoms with Gasteiger partial charge in [0.1, 0.15) is 0 Å². The van der Waals surface area contributed by atoms with Crippen molar-refractivity contribution >= 4 is 11.9 Å². The molecule has 0 saturated carbocycles. The molecule has 118 valence electrons. The fraction of sp³-hybridized carbons (Fsp3) is 0.263. The summed E-state index contributed by atoms with van der Waals surface area (Å²) in [4.78, 5) is 25.7. The maximum absolute atomic E-state index is 12.8. The molecular weight excluding hydrogens is 290 g/mol. The molecule has 0 saturated heterocycles. The van der Waals surface area contributed by atoms with Crippen molar-refractivity contribution in [1.82, 2.24) is 4.90 Å². The Labute approximate surface area is 135 Å². The van der Waals surface area contributed by atoms with Crippen LogP contribution < -0.4 is 0 Å². The molecule has 1 N–H and O–H groups in total. The highest BCUT2D eigenvalue weighted by molar-refractivity contribution is 5.98. The van der Waals surface area contributed by atoms with E-state index in [-0.39, 0.29) is 17.5 Å². The highest BCUT2D eigenvalue weighted by Gasteiger charge is 2.29. The zero-order valence-electron chi connectivity index (χ0n) is 13.2. The van der Waals surface area contributed by atoms with Crippen LogP contribution in [-0.4, -0.2) is 28.9 Å². The van der Waals surface area contributed by atoms with E-state index in [0.29, 0.717) is 5.56 Å². The van der Waals surface area contributed by atoms with E-state index < -0.39 is 5.97 Å². The van der Waals surface area contributed by atoms with Crippen LogP contribution in [0.2, 0.25) is 0 Å². The first kappa shape index (κ1) is 15.3. The third kappa shape index (κ3) is 2.84. The Kier molecular flexibility index (Phi) is 3.90. The Hall–Kier alpha value is -2.62. The van der Waals surface area contributed by atoms with Gasteiger partial charge >= 0.3 is 5.97 Å². The predicted molar refractivity (Wildman–Crippen MR) is 87.7 cm³/mol. The molecule has 0 bridgehead atoms. The third-order valence-electron chi connectivity index (χ3n) is 4.46. The molecule has 23 heavy (non-hydrogen) atoms. The van der Waals surface area contributed by atoms with E-state index in [4.69, 9.17) is 0 Å². The summed E-state index contributed by atoms with van der Waals surface area (Å²) in [5.41, 5.74) is 3.82. The first-order chi connectivity index (χ1) is 11.0. The summed E-state index contributed by atoms with van der Waals surface area (Å²) in [6, 6.07) is 13.0. The molecule has 1 atom stereocenters. The van der Waals surface area contributed by atoms with Gasteiger partial charge in [0.05, 0.1) is 11.6 Å². The zero-order valence-corrected chi connectivity index (χ0v) is 13.2. The number of aryl methyl sites for hydroxylation is 2. The van der Waals surface area contributed by atoms with Crippen molar-refractivity contribution < 1.29 is 14.7 Å². The van der Waals surface area contributed by atoms with Crippen LogP contribution in [0.15, 0.2) is 42.5 Å². The van der Waals surface area contributed by atoms with Crippen LogP contribution in [0.4, 0.5) is 0 Å². The molecule has 1 aliphatic rings. The molecule has 0 radical (unpaired) electrons. The van der Waals surface area contributed by atoms with E-state index in [9.17, 15) is 14.7 Å². The molecule has 4 heteroatoms. The van der Waals surface area contributed by atoms with E-state index in [1.165, 1.54) is 17.2 Å². The fourth-order valence-electron chi connectivity index (χ4n) is 3.31. The number of benzene rings is 2. The van der Waals surface area contributed by atoms with Gasteiger partial charge in [-0.15, -0.1) is 0 Å². The summed E-state index contributed by atoms with van der Waals surface area (Å²) in [7, 11) is 1.79. The van der Waals surface area contributed by atoms with Crippen molar-refractivity contribution in [1.29, 1.82) is 0 Å². The molecule has 0 aliphatic heterocycles. The smallest absolute Gasteiger partial charge is 0.335 e. The first-order valence-electron chi connectivity index (χ1n) is 7.67. The zero-order chi connectivity index (χ0) is 16.6. The standard InChI is InChI=1S/C19H19NO3/c1-12-9-14(11-15(10-12)19(22)23)18(21)20(2)17-8-7-13-5-3-4-6-16(13)17/h3-6,9-11,17H,7-8H2,1-2H3,(H,22,23). The Morgan fingerprint density at radius 2 is 1.83 bits per heavy atom. The van der Waals surface area contributed by atoms with Crippen LogP contribution in [0.25, 0.3) is 0 Å². The third-order valence-corrected chi connectivity index (χ3v) is 4.46. The van der Waals surface area contributed by atoms with Crippen LogP contribution in [0.5, 0.6) is 0 Å². The van der Waals surface area contributed by atoms with E-state index in [0.717, 1.165) is 18.4 Å². The number of carbonyl (C=O) groups is 2. The normalized spacial score (nSPS) is 16.0. The molecule has 3 rings (SSSR count). The van der Waals surface area contributed by atoms with Gasteiger partial charge in [-0.2, -0.15) is 0 Å². The second kappa shape index (κ2) is 5.88. The summed E-state index contributed by atoms with van der Waals surface area (Å²) in [6.07, 6.45) is 1.87. The second-order valence-corrected chi connectivity index (χ2v) is 6.06. The van der Waals surface area contributed by atoms with Crippen molar-refractivity contribution in [2.75, 3.05) is 7.05 Å². The van der Waals surface area contributed by atoms with E-state index in [1.54, 1.807) is 31.0 Å². The number of carboxylic acids is 1. The molecule has 2 aromatic rings. The predicted octanol–water partition coefficient (Wildman–Crippen LogP) is 3.45. The lowest BCUT2D eigenvalue weighted by Crippen LogP contribution is -2.30. The Morgan fingerprint density at radius 3 is 2.57 bits per heavy atom. The highest BCUT2D eigenvalue weighted by atomic mass is 16.4. The maximum Gasteiger partial charge on any atom is 0.335 e. The number of nitrogens with zero attached hydrogens (tertiary/aromatic N) is 1. The highest BCUT2D eigenvalue weighted by Crippen LogP contribution is 2.35. The molecule has 0 aromatic heterocycles. The van der Waals surface area contributed by atoms with Crippen LogP contribution in [-0.2, 0) is 6.42 Å². The SMILES string of the molecule is Cc1cc(C(=O)O)cc(C(=O)N(C)C2CCc3ccccc32)c1. The quantitative estimate of drug-likeness (QED) is 0.944. The molecule has 0 fully saturated rings. The number of fused-ring (bicyclic) bond motifs is 1.